The summed E-state index contributed by atoms with van der Waals surface area (Å²) >= 11 is 13.7. The summed E-state index contributed by atoms with van der Waals surface area (Å²) in [5, 5.41) is 5.38. The van der Waals surface area contributed by atoms with Gasteiger partial charge in [0.2, 0.25) is 0 Å². The van der Waals surface area contributed by atoms with Crippen molar-refractivity contribution < 1.29 is 0 Å². The number of halogens is 2. The molecule has 1 aromatic heterocycles. The van der Waals surface area contributed by atoms with Crippen LogP contribution in [0.3, 0.4) is 0 Å². The molecule has 0 saturated heterocycles. The molecule has 3 N–H and O–H groups in total. The van der Waals surface area contributed by atoms with Crippen molar-refractivity contribution in [2.75, 3.05) is 0 Å². The van der Waals surface area contributed by atoms with Gasteiger partial charge in [0.1, 0.15) is 0 Å². The molecule has 1 aromatic carbocycles. The number of nitrogens with one attached hydrogen (secondary N) is 1. The molecular formula is C12H14Cl2N4S. The molecule has 102 valence electrons. The van der Waals surface area contributed by atoms with Gasteiger partial charge in [-0.1, -0.05) is 40.7 Å². The molecule has 2 rings (SSSR count). The van der Waals surface area contributed by atoms with E-state index in [1.807, 2.05) is 25.1 Å². The van der Waals surface area contributed by atoms with Crippen LogP contribution in [0.15, 0.2) is 18.2 Å². The van der Waals surface area contributed by atoms with E-state index in [9.17, 15) is 0 Å². The van der Waals surface area contributed by atoms with Gasteiger partial charge in [0.25, 0.3) is 0 Å². The molecule has 0 bridgehead atoms. The van der Waals surface area contributed by atoms with E-state index in [1.54, 1.807) is 0 Å². The van der Waals surface area contributed by atoms with Crippen molar-refractivity contribution in [1.29, 1.82) is 0 Å². The third-order valence-electron chi connectivity index (χ3n) is 2.91. The minimum absolute atomic E-state index is 0.0904. The Hall–Kier alpha value is -0.720. The van der Waals surface area contributed by atoms with E-state index in [0.717, 1.165) is 22.6 Å². The molecule has 0 spiro atoms. The van der Waals surface area contributed by atoms with Crippen LogP contribution in [0.1, 0.15) is 29.1 Å². The zero-order valence-electron chi connectivity index (χ0n) is 10.4. The number of nitrogens with zero attached hydrogens (tertiary/aromatic N) is 2. The van der Waals surface area contributed by atoms with Gasteiger partial charge < -0.3 is 0 Å². The van der Waals surface area contributed by atoms with Crippen LogP contribution in [-0.2, 0) is 12.8 Å². The van der Waals surface area contributed by atoms with Crippen molar-refractivity contribution in [3.05, 3.63) is 44.4 Å². The first kappa shape index (κ1) is 14.7. The summed E-state index contributed by atoms with van der Waals surface area (Å²) in [6.45, 7) is 2.04. The molecule has 0 saturated carbocycles. The topological polar surface area (TPSA) is 63.8 Å². The Morgan fingerprint density at radius 1 is 1.37 bits per heavy atom. The molecule has 0 aliphatic carbocycles. The number of hydrogen-bond donors (Lipinski definition) is 2. The largest absolute Gasteiger partial charge is 0.271 e. The maximum absolute atomic E-state index is 6.18. The summed E-state index contributed by atoms with van der Waals surface area (Å²) in [7, 11) is 0. The Labute approximate surface area is 126 Å². The minimum atomic E-state index is -0.0904. The summed E-state index contributed by atoms with van der Waals surface area (Å²) < 4.78 is 3.98. The van der Waals surface area contributed by atoms with E-state index >= 15 is 0 Å². The highest BCUT2D eigenvalue weighted by atomic mass is 35.5. The smallest absolute Gasteiger partial charge is 0.0801 e. The highest BCUT2D eigenvalue weighted by Gasteiger charge is 2.20. The Balaban J connectivity index is 2.29. The number of benzene rings is 1. The molecule has 0 aliphatic heterocycles. The first-order valence-corrected chi connectivity index (χ1v) is 7.40. The van der Waals surface area contributed by atoms with Gasteiger partial charge in [-0.05, 0) is 42.1 Å². The van der Waals surface area contributed by atoms with Gasteiger partial charge in [-0.2, -0.15) is 0 Å². The molecule has 1 atom stereocenters. The van der Waals surface area contributed by atoms with Crippen LogP contribution in [0.2, 0.25) is 10.0 Å². The fraction of sp³-hybridized carbons (Fsp3) is 0.333. The van der Waals surface area contributed by atoms with Gasteiger partial charge in [0.05, 0.1) is 16.6 Å². The van der Waals surface area contributed by atoms with Crippen LogP contribution < -0.4 is 11.3 Å². The van der Waals surface area contributed by atoms with E-state index in [0.29, 0.717) is 16.5 Å². The lowest BCUT2D eigenvalue weighted by molar-refractivity contribution is 0.555. The molecule has 7 heteroatoms. The third kappa shape index (κ3) is 3.24. The number of hydrazine groups is 1. The quantitative estimate of drug-likeness (QED) is 0.657. The average Bonchev–Trinajstić information content (AvgIpc) is 2.87. The first-order valence-electron chi connectivity index (χ1n) is 5.87. The van der Waals surface area contributed by atoms with E-state index in [4.69, 9.17) is 29.0 Å². The van der Waals surface area contributed by atoms with Gasteiger partial charge in [0.15, 0.2) is 0 Å². The van der Waals surface area contributed by atoms with Crippen molar-refractivity contribution in [2.45, 2.75) is 25.8 Å². The predicted molar refractivity (Wildman–Crippen MR) is 79.5 cm³/mol. The molecule has 1 heterocycles. The third-order valence-corrected chi connectivity index (χ3v) is 4.50. The maximum atomic E-state index is 6.18. The number of nitrogens with two attached hydrogens (primary N) is 1. The molecule has 0 aliphatic rings. The van der Waals surface area contributed by atoms with E-state index in [2.05, 4.69) is 15.0 Å². The Morgan fingerprint density at radius 3 is 2.63 bits per heavy atom. The standard InChI is InChI=1S/C12H14Cl2N4S/c1-2-10-12(19-18-17-10)11(16-15)6-7-8(13)4-3-5-9(7)14/h3-5,11,16H,2,6,15H2,1H3. The minimum Gasteiger partial charge on any atom is -0.271 e. The van der Waals surface area contributed by atoms with Crippen LogP contribution in [0, 0.1) is 0 Å². The molecular weight excluding hydrogens is 303 g/mol. The Bertz CT molecular complexity index is 538. The monoisotopic (exact) mass is 316 g/mol. The average molecular weight is 317 g/mol. The summed E-state index contributed by atoms with van der Waals surface area (Å²) in [6.07, 6.45) is 1.42. The Kier molecular flexibility index (Phi) is 5.13. The van der Waals surface area contributed by atoms with E-state index < -0.39 is 0 Å². The van der Waals surface area contributed by atoms with Gasteiger partial charge in [-0.15, -0.1) is 5.10 Å². The van der Waals surface area contributed by atoms with E-state index in [1.165, 1.54) is 11.5 Å². The lowest BCUT2D eigenvalue weighted by Gasteiger charge is -2.16. The fourth-order valence-corrected chi connectivity index (χ4v) is 3.23. The summed E-state index contributed by atoms with van der Waals surface area (Å²) in [6, 6.07) is 5.38. The van der Waals surface area contributed by atoms with Gasteiger partial charge in [-0.25, -0.2) is 0 Å². The van der Waals surface area contributed by atoms with Crippen LogP contribution in [0.5, 0.6) is 0 Å². The van der Waals surface area contributed by atoms with Crippen LogP contribution >= 0.6 is 34.7 Å². The lowest BCUT2D eigenvalue weighted by Crippen LogP contribution is -2.29. The van der Waals surface area contributed by atoms with Gasteiger partial charge >= 0.3 is 0 Å². The highest BCUT2D eigenvalue weighted by Crippen LogP contribution is 2.31. The maximum Gasteiger partial charge on any atom is 0.0801 e. The zero-order valence-corrected chi connectivity index (χ0v) is 12.7. The first-order chi connectivity index (χ1) is 9.17. The number of aryl methyl sites for hydroxylation is 1. The van der Waals surface area contributed by atoms with E-state index in [-0.39, 0.29) is 6.04 Å². The summed E-state index contributed by atoms with van der Waals surface area (Å²) in [5.74, 6) is 5.65. The lowest BCUT2D eigenvalue weighted by atomic mass is 10.0. The molecule has 1 unspecified atom stereocenters. The zero-order chi connectivity index (χ0) is 13.8. The summed E-state index contributed by atoms with van der Waals surface area (Å²) in [5.41, 5.74) is 4.63. The van der Waals surface area contributed by atoms with Crippen molar-refractivity contribution in [1.82, 2.24) is 15.0 Å². The van der Waals surface area contributed by atoms with Crippen molar-refractivity contribution in [3.63, 3.8) is 0 Å². The van der Waals surface area contributed by atoms with Crippen LogP contribution in [0.25, 0.3) is 0 Å². The number of aromatic nitrogens is 2. The van der Waals surface area contributed by atoms with Crippen LogP contribution in [-0.4, -0.2) is 9.59 Å². The van der Waals surface area contributed by atoms with Gasteiger partial charge in [-0.3, -0.25) is 11.3 Å². The predicted octanol–water partition coefficient (Wildman–Crippen LogP) is 3.15. The molecule has 4 nitrogen and oxygen atoms in total. The SMILES string of the molecule is CCc1nnsc1C(Cc1c(Cl)cccc1Cl)NN. The molecule has 19 heavy (non-hydrogen) atoms. The second-order valence-electron chi connectivity index (χ2n) is 4.06. The molecule has 0 radical (unpaired) electrons. The summed E-state index contributed by atoms with van der Waals surface area (Å²) in [4.78, 5) is 1.03. The molecule has 0 amide bonds. The second-order valence-corrected chi connectivity index (χ2v) is 5.66. The van der Waals surface area contributed by atoms with Crippen molar-refractivity contribution >= 4 is 34.7 Å². The normalized spacial score (nSPS) is 12.6. The number of hydrogen-bond acceptors (Lipinski definition) is 5. The molecule has 0 fully saturated rings. The molecule has 2 aromatic rings. The highest BCUT2D eigenvalue weighted by molar-refractivity contribution is 7.05. The second kappa shape index (κ2) is 6.63. The Morgan fingerprint density at radius 2 is 2.05 bits per heavy atom. The van der Waals surface area contributed by atoms with Crippen molar-refractivity contribution in [2.24, 2.45) is 5.84 Å². The van der Waals surface area contributed by atoms with Gasteiger partial charge in [0, 0.05) is 10.0 Å². The van der Waals surface area contributed by atoms with Crippen molar-refractivity contribution in [3.8, 4) is 0 Å². The van der Waals surface area contributed by atoms with Crippen LogP contribution in [0.4, 0.5) is 0 Å². The number of rotatable bonds is 5. The fourth-order valence-electron chi connectivity index (χ4n) is 1.88.